The SMILES string of the molecule is CNC(c1ccc(I)c(Cl)c1)c1sccc1Br. The zero-order valence-electron chi connectivity index (χ0n) is 9.01. The molecule has 0 spiro atoms. The quantitative estimate of drug-likeness (QED) is 0.654. The van der Waals surface area contributed by atoms with Crippen LogP contribution < -0.4 is 5.32 Å². The van der Waals surface area contributed by atoms with Crippen LogP contribution in [0.2, 0.25) is 5.02 Å². The van der Waals surface area contributed by atoms with E-state index in [1.165, 1.54) is 10.4 Å². The molecule has 0 amide bonds. The van der Waals surface area contributed by atoms with Gasteiger partial charge in [0.25, 0.3) is 0 Å². The minimum Gasteiger partial charge on any atom is -0.309 e. The molecule has 1 N–H and O–H groups in total. The van der Waals surface area contributed by atoms with E-state index in [-0.39, 0.29) is 6.04 Å². The highest BCUT2D eigenvalue weighted by atomic mass is 127. The minimum atomic E-state index is 0.180. The summed E-state index contributed by atoms with van der Waals surface area (Å²) in [6.45, 7) is 0. The fourth-order valence-corrected chi connectivity index (χ4v) is 3.91. The van der Waals surface area contributed by atoms with Crippen LogP contribution in [0.1, 0.15) is 16.5 Å². The van der Waals surface area contributed by atoms with Gasteiger partial charge in [0, 0.05) is 12.9 Å². The zero-order valence-corrected chi connectivity index (χ0v) is 14.3. The van der Waals surface area contributed by atoms with Crippen LogP contribution in [0.4, 0.5) is 0 Å². The molecule has 0 aliphatic heterocycles. The Kier molecular flexibility index (Phi) is 4.88. The summed E-state index contributed by atoms with van der Waals surface area (Å²) in [6.07, 6.45) is 0. The number of rotatable bonds is 3. The van der Waals surface area contributed by atoms with Crippen LogP contribution in [0.5, 0.6) is 0 Å². The summed E-state index contributed by atoms with van der Waals surface area (Å²) in [7, 11) is 1.96. The minimum absolute atomic E-state index is 0.180. The van der Waals surface area contributed by atoms with E-state index in [1.807, 2.05) is 19.2 Å². The third kappa shape index (κ3) is 3.04. The Morgan fingerprint density at radius 2 is 2.18 bits per heavy atom. The van der Waals surface area contributed by atoms with Gasteiger partial charge in [0.2, 0.25) is 0 Å². The maximum Gasteiger partial charge on any atom is 0.0680 e. The highest BCUT2D eigenvalue weighted by Gasteiger charge is 2.16. The molecule has 0 bridgehead atoms. The van der Waals surface area contributed by atoms with Crippen molar-refractivity contribution in [2.75, 3.05) is 7.05 Å². The second kappa shape index (κ2) is 6.02. The molecule has 0 aliphatic carbocycles. The lowest BCUT2D eigenvalue weighted by molar-refractivity contribution is 0.701. The predicted molar refractivity (Wildman–Crippen MR) is 87.1 cm³/mol. The third-order valence-electron chi connectivity index (χ3n) is 2.47. The number of halogens is 3. The van der Waals surface area contributed by atoms with Gasteiger partial charge in [-0.15, -0.1) is 11.3 Å². The van der Waals surface area contributed by atoms with E-state index >= 15 is 0 Å². The fraction of sp³-hybridized carbons (Fsp3) is 0.167. The van der Waals surface area contributed by atoms with Crippen molar-refractivity contribution in [2.24, 2.45) is 0 Å². The molecule has 0 aliphatic rings. The maximum atomic E-state index is 6.17. The number of benzene rings is 1. The summed E-state index contributed by atoms with van der Waals surface area (Å²) in [5.74, 6) is 0. The molecule has 0 fully saturated rings. The van der Waals surface area contributed by atoms with Crippen LogP contribution in [-0.2, 0) is 0 Å². The van der Waals surface area contributed by atoms with Crippen molar-refractivity contribution in [1.82, 2.24) is 5.32 Å². The van der Waals surface area contributed by atoms with Crippen molar-refractivity contribution in [2.45, 2.75) is 6.04 Å². The molecule has 1 heterocycles. The van der Waals surface area contributed by atoms with Gasteiger partial charge in [-0.3, -0.25) is 0 Å². The first kappa shape index (κ1) is 13.8. The molecule has 17 heavy (non-hydrogen) atoms. The van der Waals surface area contributed by atoms with Crippen molar-refractivity contribution in [3.8, 4) is 0 Å². The Morgan fingerprint density at radius 1 is 1.41 bits per heavy atom. The van der Waals surface area contributed by atoms with Crippen LogP contribution >= 0.6 is 61.5 Å². The monoisotopic (exact) mass is 441 g/mol. The van der Waals surface area contributed by atoms with Gasteiger partial charge in [0.05, 0.1) is 11.1 Å². The Morgan fingerprint density at radius 3 is 2.71 bits per heavy atom. The van der Waals surface area contributed by atoms with E-state index in [4.69, 9.17) is 11.6 Å². The van der Waals surface area contributed by atoms with Crippen LogP contribution in [0, 0.1) is 3.57 Å². The van der Waals surface area contributed by atoms with E-state index in [0.29, 0.717) is 0 Å². The zero-order chi connectivity index (χ0) is 12.4. The summed E-state index contributed by atoms with van der Waals surface area (Å²) in [5.41, 5.74) is 1.18. The van der Waals surface area contributed by atoms with Gasteiger partial charge in [-0.1, -0.05) is 17.7 Å². The summed E-state index contributed by atoms with van der Waals surface area (Å²) in [4.78, 5) is 1.27. The molecule has 2 rings (SSSR count). The van der Waals surface area contributed by atoms with Crippen molar-refractivity contribution >= 4 is 61.5 Å². The second-order valence-corrected chi connectivity index (χ2v) is 6.90. The van der Waals surface area contributed by atoms with E-state index in [2.05, 4.69) is 61.4 Å². The molecule has 1 atom stereocenters. The Balaban J connectivity index is 2.42. The first-order valence-corrected chi connectivity index (χ1v) is 8.11. The Bertz CT molecular complexity index is 529. The summed E-state index contributed by atoms with van der Waals surface area (Å²) in [5, 5.41) is 6.21. The highest BCUT2D eigenvalue weighted by molar-refractivity contribution is 14.1. The first-order chi connectivity index (χ1) is 8.13. The lowest BCUT2D eigenvalue weighted by Crippen LogP contribution is -2.16. The highest BCUT2D eigenvalue weighted by Crippen LogP contribution is 2.34. The van der Waals surface area contributed by atoms with Crippen LogP contribution in [0.25, 0.3) is 0 Å². The van der Waals surface area contributed by atoms with Crippen LogP contribution in [0.3, 0.4) is 0 Å². The molecular weight excluding hydrogens is 432 g/mol. The lowest BCUT2D eigenvalue weighted by atomic mass is 10.1. The lowest BCUT2D eigenvalue weighted by Gasteiger charge is -2.16. The molecule has 1 aromatic heterocycles. The number of hydrogen-bond donors (Lipinski definition) is 1. The largest absolute Gasteiger partial charge is 0.309 e. The fourth-order valence-electron chi connectivity index (χ4n) is 1.65. The van der Waals surface area contributed by atoms with E-state index in [1.54, 1.807) is 11.3 Å². The number of nitrogens with one attached hydrogen (secondary N) is 1. The summed E-state index contributed by atoms with van der Waals surface area (Å²) < 4.78 is 2.21. The third-order valence-corrected chi connectivity index (χ3v) is 5.98. The molecule has 1 nitrogen and oxygen atoms in total. The van der Waals surface area contributed by atoms with E-state index in [9.17, 15) is 0 Å². The normalized spacial score (nSPS) is 12.7. The topological polar surface area (TPSA) is 12.0 Å². The maximum absolute atomic E-state index is 6.17. The molecule has 1 unspecified atom stereocenters. The van der Waals surface area contributed by atoms with E-state index in [0.717, 1.165) is 13.1 Å². The van der Waals surface area contributed by atoms with Crippen molar-refractivity contribution in [1.29, 1.82) is 0 Å². The van der Waals surface area contributed by atoms with Crippen LogP contribution in [-0.4, -0.2) is 7.05 Å². The molecule has 2 aromatic rings. The van der Waals surface area contributed by atoms with Crippen molar-refractivity contribution in [3.05, 3.63) is 53.2 Å². The van der Waals surface area contributed by atoms with Gasteiger partial charge in [0.15, 0.2) is 0 Å². The van der Waals surface area contributed by atoms with E-state index < -0.39 is 0 Å². The standard InChI is InChI=1S/C12H10BrClINS/c1-16-11(12-8(13)4-5-17-12)7-2-3-10(15)9(14)6-7/h2-6,11,16H,1H3. The molecule has 0 radical (unpaired) electrons. The van der Waals surface area contributed by atoms with Gasteiger partial charge in [0.1, 0.15) is 0 Å². The molecule has 0 saturated heterocycles. The molecule has 1 aromatic carbocycles. The van der Waals surface area contributed by atoms with Gasteiger partial charge in [-0.25, -0.2) is 0 Å². The predicted octanol–water partition coefficient (Wildman–Crippen LogP) is 5.08. The van der Waals surface area contributed by atoms with Crippen LogP contribution in [0.15, 0.2) is 34.1 Å². The average molecular weight is 443 g/mol. The van der Waals surface area contributed by atoms with Gasteiger partial charge in [-0.2, -0.15) is 0 Å². The molecule has 90 valence electrons. The van der Waals surface area contributed by atoms with Gasteiger partial charge in [-0.05, 0) is 74.7 Å². The number of thiophene rings is 1. The van der Waals surface area contributed by atoms with Gasteiger partial charge >= 0.3 is 0 Å². The molecular formula is C12H10BrClINS. The summed E-state index contributed by atoms with van der Waals surface area (Å²) >= 11 is 13.7. The molecule has 5 heteroatoms. The van der Waals surface area contributed by atoms with Gasteiger partial charge < -0.3 is 5.32 Å². The van der Waals surface area contributed by atoms with Crippen molar-refractivity contribution < 1.29 is 0 Å². The Labute approximate surface area is 132 Å². The second-order valence-electron chi connectivity index (χ2n) is 3.53. The first-order valence-electron chi connectivity index (χ1n) is 4.98. The van der Waals surface area contributed by atoms with Crippen molar-refractivity contribution in [3.63, 3.8) is 0 Å². The number of hydrogen-bond acceptors (Lipinski definition) is 2. The molecule has 0 saturated carbocycles. The smallest absolute Gasteiger partial charge is 0.0680 e. The average Bonchev–Trinajstić information content (AvgIpc) is 2.71. The summed E-state index contributed by atoms with van der Waals surface area (Å²) in [6, 6.07) is 8.43. The Hall–Kier alpha value is 0.380.